The molecule has 1 rings (SSSR count). The monoisotopic (exact) mass is 214 g/mol. The van der Waals surface area contributed by atoms with Gasteiger partial charge in [-0.15, -0.1) is 10.2 Å². The predicted molar refractivity (Wildman–Crippen MR) is 53.3 cm³/mol. The van der Waals surface area contributed by atoms with Crippen molar-refractivity contribution in [2.45, 2.75) is 13.8 Å². The Hall–Kier alpha value is -1.50. The first kappa shape index (κ1) is 10.6. The highest BCUT2D eigenvalue weighted by molar-refractivity contribution is 7.19. The molecule has 1 aromatic rings. The fraction of sp³-hybridized carbons (Fsp3) is 0.429. The summed E-state index contributed by atoms with van der Waals surface area (Å²) in [6.07, 6.45) is 0. The van der Waals surface area contributed by atoms with Gasteiger partial charge in [0.25, 0.3) is 0 Å². The van der Waals surface area contributed by atoms with Crippen molar-refractivity contribution in [3.8, 4) is 0 Å². The van der Waals surface area contributed by atoms with Gasteiger partial charge < -0.3 is 5.32 Å². The lowest BCUT2D eigenvalue weighted by molar-refractivity contribution is -0.116. The first-order valence-electron chi connectivity index (χ1n) is 3.86. The van der Waals surface area contributed by atoms with Crippen LogP contribution in [0.1, 0.15) is 13.8 Å². The molecular formula is C7H10N4O2S. The molecule has 0 unspecified atom stereocenters. The molecule has 0 fully saturated rings. The average Bonchev–Trinajstić information content (AvgIpc) is 2.50. The van der Waals surface area contributed by atoms with Crippen LogP contribution in [-0.2, 0) is 9.59 Å². The van der Waals surface area contributed by atoms with E-state index >= 15 is 0 Å². The Bertz CT molecular complexity index is 362. The smallest absolute Gasteiger partial charge is 0.225 e. The second kappa shape index (κ2) is 4.14. The summed E-state index contributed by atoms with van der Waals surface area (Å²) in [6, 6.07) is 0. The fourth-order valence-corrected chi connectivity index (χ4v) is 1.48. The zero-order valence-corrected chi connectivity index (χ0v) is 8.88. The molecule has 1 N–H and O–H groups in total. The van der Waals surface area contributed by atoms with Crippen LogP contribution in [-0.4, -0.2) is 29.1 Å². The van der Waals surface area contributed by atoms with E-state index in [-0.39, 0.29) is 11.8 Å². The van der Waals surface area contributed by atoms with Crippen LogP contribution in [0, 0.1) is 0 Å². The van der Waals surface area contributed by atoms with Gasteiger partial charge in [0.1, 0.15) is 0 Å². The van der Waals surface area contributed by atoms with Gasteiger partial charge in [-0.3, -0.25) is 14.5 Å². The molecule has 0 aromatic carbocycles. The van der Waals surface area contributed by atoms with Crippen molar-refractivity contribution in [2.75, 3.05) is 17.3 Å². The van der Waals surface area contributed by atoms with E-state index in [0.29, 0.717) is 10.3 Å². The van der Waals surface area contributed by atoms with E-state index in [1.54, 1.807) is 7.05 Å². The van der Waals surface area contributed by atoms with E-state index in [0.717, 1.165) is 11.3 Å². The molecule has 0 aliphatic heterocycles. The Balaban J connectivity index is 2.77. The molecule has 0 spiro atoms. The number of amides is 2. The van der Waals surface area contributed by atoms with Crippen LogP contribution in [0.15, 0.2) is 0 Å². The van der Waals surface area contributed by atoms with Crippen LogP contribution in [0.3, 0.4) is 0 Å². The molecule has 0 saturated carbocycles. The lowest BCUT2D eigenvalue weighted by Crippen LogP contribution is -2.22. The zero-order valence-electron chi connectivity index (χ0n) is 8.07. The highest BCUT2D eigenvalue weighted by Gasteiger charge is 2.12. The maximum absolute atomic E-state index is 11.0. The third-order valence-electron chi connectivity index (χ3n) is 1.46. The predicted octanol–water partition coefficient (Wildman–Crippen LogP) is 0.479. The van der Waals surface area contributed by atoms with Crippen molar-refractivity contribution in [3.63, 3.8) is 0 Å². The number of rotatable bonds is 2. The quantitative estimate of drug-likeness (QED) is 0.777. The van der Waals surface area contributed by atoms with Gasteiger partial charge >= 0.3 is 0 Å². The molecule has 0 aliphatic carbocycles. The Morgan fingerprint density at radius 3 is 2.50 bits per heavy atom. The number of hydrogen-bond donors (Lipinski definition) is 1. The zero-order chi connectivity index (χ0) is 10.7. The maximum atomic E-state index is 11.0. The molecule has 0 atom stereocenters. The summed E-state index contributed by atoms with van der Waals surface area (Å²) < 4.78 is 0. The number of aromatic nitrogens is 2. The van der Waals surface area contributed by atoms with E-state index in [1.165, 1.54) is 18.7 Å². The lowest BCUT2D eigenvalue weighted by Gasteiger charge is -2.08. The number of anilines is 2. The van der Waals surface area contributed by atoms with Crippen LogP contribution in [0.4, 0.5) is 10.3 Å². The average molecular weight is 214 g/mol. The van der Waals surface area contributed by atoms with Crippen molar-refractivity contribution in [3.05, 3.63) is 0 Å². The number of hydrogen-bond acceptors (Lipinski definition) is 5. The third kappa shape index (κ3) is 2.49. The fourth-order valence-electron chi connectivity index (χ4n) is 0.687. The summed E-state index contributed by atoms with van der Waals surface area (Å²) in [7, 11) is 1.60. The molecule has 14 heavy (non-hydrogen) atoms. The highest BCUT2D eigenvalue weighted by atomic mass is 32.1. The van der Waals surface area contributed by atoms with Crippen molar-refractivity contribution < 1.29 is 9.59 Å². The van der Waals surface area contributed by atoms with E-state index in [2.05, 4.69) is 15.5 Å². The minimum atomic E-state index is -0.210. The molecule has 0 saturated heterocycles. The van der Waals surface area contributed by atoms with Crippen LogP contribution >= 0.6 is 11.3 Å². The topological polar surface area (TPSA) is 75.2 Å². The number of nitrogens with zero attached hydrogens (tertiary/aromatic N) is 3. The van der Waals surface area contributed by atoms with Crippen molar-refractivity contribution in [1.82, 2.24) is 10.2 Å². The maximum Gasteiger partial charge on any atom is 0.225 e. The van der Waals surface area contributed by atoms with E-state index in [1.807, 2.05) is 0 Å². The number of carbonyl (C=O) groups excluding carboxylic acids is 2. The molecule has 1 heterocycles. The van der Waals surface area contributed by atoms with Gasteiger partial charge in [-0.2, -0.15) is 0 Å². The minimum absolute atomic E-state index is 0.129. The van der Waals surface area contributed by atoms with Gasteiger partial charge in [0.05, 0.1) is 0 Å². The van der Waals surface area contributed by atoms with Crippen molar-refractivity contribution in [1.29, 1.82) is 0 Å². The first-order valence-corrected chi connectivity index (χ1v) is 4.67. The molecular weight excluding hydrogens is 204 g/mol. The lowest BCUT2D eigenvalue weighted by atomic mass is 10.6. The molecule has 1 aromatic heterocycles. The standard InChI is InChI=1S/C7H10N4O2S/c1-4(12)8-6-9-10-7(14-6)11(3)5(2)13/h1-3H3,(H,8,9,12). The summed E-state index contributed by atoms with van der Waals surface area (Å²) in [5.74, 6) is -0.339. The Morgan fingerprint density at radius 2 is 2.00 bits per heavy atom. The molecule has 2 amide bonds. The SMILES string of the molecule is CC(=O)Nc1nnc(N(C)C(C)=O)s1. The summed E-state index contributed by atoms with van der Waals surface area (Å²) >= 11 is 1.15. The highest BCUT2D eigenvalue weighted by Crippen LogP contribution is 2.22. The molecule has 6 nitrogen and oxygen atoms in total. The van der Waals surface area contributed by atoms with Crippen molar-refractivity contribution >= 4 is 33.4 Å². The molecule has 7 heteroatoms. The molecule has 0 radical (unpaired) electrons. The molecule has 0 bridgehead atoms. The van der Waals surface area contributed by atoms with E-state index in [9.17, 15) is 9.59 Å². The van der Waals surface area contributed by atoms with Gasteiger partial charge in [-0.1, -0.05) is 11.3 Å². The third-order valence-corrected chi connectivity index (χ3v) is 2.37. The number of carbonyl (C=O) groups is 2. The Kier molecular flexibility index (Phi) is 3.13. The van der Waals surface area contributed by atoms with Gasteiger partial charge in [0, 0.05) is 20.9 Å². The summed E-state index contributed by atoms with van der Waals surface area (Å²) in [5.41, 5.74) is 0. The van der Waals surface area contributed by atoms with E-state index in [4.69, 9.17) is 0 Å². The Morgan fingerprint density at radius 1 is 1.36 bits per heavy atom. The summed E-state index contributed by atoms with van der Waals surface area (Å²) in [6.45, 7) is 2.81. The molecule has 0 aliphatic rings. The van der Waals surface area contributed by atoms with Crippen LogP contribution in [0.2, 0.25) is 0 Å². The minimum Gasteiger partial charge on any atom is -0.301 e. The number of nitrogens with one attached hydrogen (secondary N) is 1. The normalized spacial score (nSPS) is 9.64. The largest absolute Gasteiger partial charge is 0.301 e. The van der Waals surface area contributed by atoms with Gasteiger partial charge in [-0.25, -0.2) is 0 Å². The van der Waals surface area contributed by atoms with Gasteiger partial charge in [-0.05, 0) is 0 Å². The Labute approximate surface area is 84.9 Å². The van der Waals surface area contributed by atoms with Crippen LogP contribution < -0.4 is 10.2 Å². The van der Waals surface area contributed by atoms with E-state index < -0.39 is 0 Å². The van der Waals surface area contributed by atoms with Crippen LogP contribution in [0.5, 0.6) is 0 Å². The van der Waals surface area contributed by atoms with Gasteiger partial charge in [0.15, 0.2) is 0 Å². The molecule has 76 valence electrons. The second-order valence-electron chi connectivity index (χ2n) is 2.65. The second-order valence-corrected chi connectivity index (χ2v) is 3.60. The van der Waals surface area contributed by atoms with Crippen molar-refractivity contribution in [2.24, 2.45) is 0 Å². The van der Waals surface area contributed by atoms with Gasteiger partial charge in [0.2, 0.25) is 22.1 Å². The summed E-state index contributed by atoms with van der Waals surface area (Å²) in [5, 5.41) is 10.8. The first-order chi connectivity index (χ1) is 6.50. The summed E-state index contributed by atoms with van der Waals surface area (Å²) in [4.78, 5) is 23.0. The van der Waals surface area contributed by atoms with Crippen LogP contribution in [0.25, 0.3) is 0 Å².